The van der Waals surface area contributed by atoms with Gasteiger partial charge in [-0.25, -0.2) is 0 Å². The highest BCUT2D eigenvalue weighted by atomic mass is 79.9. The molecule has 0 heterocycles. The van der Waals surface area contributed by atoms with Crippen LogP contribution >= 0.6 is 43.5 Å². The summed E-state index contributed by atoms with van der Waals surface area (Å²) in [6, 6.07) is 9.84. The van der Waals surface area contributed by atoms with Crippen LogP contribution in [0.5, 0.6) is 11.5 Å². The largest absolute Gasteiger partial charge is 0.490 e. The third-order valence-electron chi connectivity index (χ3n) is 3.24. The Balaban J connectivity index is 2.16. The Labute approximate surface area is 164 Å². The fraction of sp³-hybridized carbons (Fsp3) is 0.333. The molecular weight excluding hydrogens is 457 g/mol. The molecule has 0 aromatic heterocycles. The van der Waals surface area contributed by atoms with E-state index in [1.807, 2.05) is 37.3 Å². The summed E-state index contributed by atoms with van der Waals surface area (Å²) in [7, 11) is 0. The fourth-order valence-corrected chi connectivity index (χ4v) is 3.17. The van der Waals surface area contributed by atoms with Crippen molar-refractivity contribution < 1.29 is 9.47 Å². The van der Waals surface area contributed by atoms with Crippen LogP contribution in [0.1, 0.15) is 25.8 Å². The summed E-state index contributed by atoms with van der Waals surface area (Å²) in [5.41, 5.74) is 2.05. The third kappa shape index (κ3) is 5.30. The summed E-state index contributed by atoms with van der Waals surface area (Å²) >= 11 is 13.1. The molecule has 130 valence electrons. The molecule has 2 aromatic carbocycles. The molecule has 0 aliphatic rings. The normalized spacial score (nSPS) is 10.5. The lowest BCUT2D eigenvalue weighted by Crippen LogP contribution is -2.04. The standard InChI is InChI=1S/C18H20Br2ClNO2/c1-3-7-24-18-15(20)8-12(9-17(18)23-4-2)11-22-13-5-6-14(19)16(21)10-13/h5-6,8-10,22H,3-4,7,11H2,1-2H3. The van der Waals surface area contributed by atoms with E-state index in [0.717, 1.165) is 38.1 Å². The van der Waals surface area contributed by atoms with Crippen molar-refractivity contribution in [1.82, 2.24) is 0 Å². The number of hydrogen-bond donors (Lipinski definition) is 1. The predicted octanol–water partition coefficient (Wildman–Crippen LogP) is 6.66. The van der Waals surface area contributed by atoms with E-state index in [1.54, 1.807) is 0 Å². The predicted molar refractivity (Wildman–Crippen MR) is 108 cm³/mol. The zero-order valence-corrected chi connectivity index (χ0v) is 17.6. The molecule has 2 aromatic rings. The molecule has 0 saturated heterocycles. The number of hydrogen-bond acceptors (Lipinski definition) is 3. The smallest absolute Gasteiger partial charge is 0.175 e. The topological polar surface area (TPSA) is 30.5 Å². The van der Waals surface area contributed by atoms with Gasteiger partial charge in [-0.15, -0.1) is 0 Å². The fourth-order valence-electron chi connectivity index (χ4n) is 2.14. The molecule has 2 rings (SSSR count). The van der Waals surface area contributed by atoms with E-state index in [-0.39, 0.29) is 0 Å². The molecule has 6 heteroatoms. The number of halogens is 3. The average molecular weight is 478 g/mol. The number of nitrogens with one attached hydrogen (secondary N) is 1. The minimum Gasteiger partial charge on any atom is -0.490 e. The molecule has 0 aliphatic carbocycles. The second-order valence-electron chi connectivity index (χ2n) is 5.17. The number of ether oxygens (including phenoxy) is 2. The van der Waals surface area contributed by atoms with E-state index >= 15 is 0 Å². The zero-order valence-electron chi connectivity index (χ0n) is 13.7. The van der Waals surface area contributed by atoms with Gasteiger partial charge in [0.2, 0.25) is 0 Å². The highest BCUT2D eigenvalue weighted by Crippen LogP contribution is 2.37. The molecule has 3 nitrogen and oxygen atoms in total. The van der Waals surface area contributed by atoms with Gasteiger partial charge in [0.1, 0.15) is 0 Å². The quantitative estimate of drug-likeness (QED) is 0.461. The minimum absolute atomic E-state index is 0.591. The molecule has 0 spiro atoms. The summed E-state index contributed by atoms with van der Waals surface area (Å²) in [4.78, 5) is 0. The molecule has 0 fully saturated rings. The van der Waals surface area contributed by atoms with Crippen molar-refractivity contribution in [2.24, 2.45) is 0 Å². The van der Waals surface area contributed by atoms with Crippen LogP contribution in [0.15, 0.2) is 39.3 Å². The first-order valence-electron chi connectivity index (χ1n) is 7.82. The van der Waals surface area contributed by atoms with E-state index in [0.29, 0.717) is 24.8 Å². The first-order valence-corrected chi connectivity index (χ1v) is 9.78. The number of anilines is 1. The van der Waals surface area contributed by atoms with Gasteiger partial charge in [-0.05, 0) is 81.1 Å². The van der Waals surface area contributed by atoms with Crippen LogP contribution in [0, 0.1) is 0 Å². The molecule has 0 atom stereocenters. The molecule has 0 radical (unpaired) electrons. The number of benzene rings is 2. The second-order valence-corrected chi connectivity index (χ2v) is 7.28. The lowest BCUT2D eigenvalue weighted by Gasteiger charge is -2.16. The maximum atomic E-state index is 6.13. The van der Waals surface area contributed by atoms with Gasteiger partial charge in [-0.3, -0.25) is 0 Å². The Morgan fingerprint density at radius 1 is 1.04 bits per heavy atom. The van der Waals surface area contributed by atoms with Gasteiger partial charge in [0.25, 0.3) is 0 Å². The van der Waals surface area contributed by atoms with E-state index in [4.69, 9.17) is 21.1 Å². The summed E-state index contributed by atoms with van der Waals surface area (Å²) in [6.07, 6.45) is 0.950. The summed E-state index contributed by atoms with van der Waals surface area (Å²) < 4.78 is 13.3. The van der Waals surface area contributed by atoms with Crippen molar-refractivity contribution in [1.29, 1.82) is 0 Å². The molecule has 0 saturated carbocycles. The maximum Gasteiger partial charge on any atom is 0.175 e. The van der Waals surface area contributed by atoms with Crippen molar-refractivity contribution in [3.05, 3.63) is 49.9 Å². The Morgan fingerprint density at radius 2 is 1.83 bits per heavy atom. The van der Waals surface area contributed by atoms with Crippen molar-refractivity contribution in [2.45, 2.75) is 26.8 Å². The summed E-state index contributed by atoms with van der Waals surface area (Å²) in [6.45, 7) is 5.95. The van der Waals surface area contributed by atoms with Crippen molar-refractivity contribution in [3.63, 3.8) is 0 Å². The molecule has 0 bridgehead atoms. The molecule has 0 amide bonds. The Kier molecular flexibility index (Phi) is 7.72. The second kappa shape index (κ2) is 9.54. The Bertz CT molecular complexity index is 695. The highest BCUT2D eigenvalue weighted by molar-refractivity contribution is 9.10. The molecule has 0 unspecified atom stereocenters. The van der Waals surface area contributed by atoms with Gasteiger partial charge in [-0.2, -0.15) is 0 Å². The first-order chi connectivity index (χ1) is 11.5. The lowest BCUT2D eigenvalue weighted by atomic mass is 10.2. The van der Waals surface area contributed by atoms with E-state index in [2.05, 4.69) is 44.1 Å². The van der Waals surface area contributed by atoms with Crippen LogP contribution in [0.2, 0.25) is 5.02 Å². The van der Waals surface area contributed by atoms with Crippen LogP contribution < -0.4 is 14.8 Å². The van der Waals surface area contributed by atoms with Crippen LogP contribution in [0.25, 0.3) is 0 Å². The van der Waals surface area contributed by atoms with E-state index in [1.165, 1.54) is 0 Å². The van der Waals surface area contributed by atoms with Gasteiger partial charge in [-0.1, -0.05) is 18.5 Å². The average Bonchev–Trinajstić information content (AvgIpc) is 2.55. The van der Waals surface area contributed by atoms with E-state index in [9.17, 15) is 0 Å². The molecule has 1 N–H and O–H groups in total. The van der Waals surface area contributed by atoms with Crippen molar-refractivity contribution in [3.8, 4) is 11.5 Å². The van der Waals surface area contributed by atoms with Gasteiger partial charge < -0.3 is 14.8 Å². The lowest BCUT2D eigenvalue weighted by molar-refractivity contribution is 0.275. The van der Waals surface area contributed by atoms with Gasteiger partial charge in [0.15, 0.2) is 11.5 Å². The van der Waals surface area contributed by atoms with Crippen LogP contribution in [-0.4, -0.2) is 13.2 Å². The monoisotopic (exact) mass is 475 g/mol. The summed E-state index contributed by atoms with van der Waals surface area (Å²) in [5.74, 6) is 1.51. The van der Waals surface area contributed by atoms with Crippen molar-refractivity contribution in [2.75, 3.05) is 18.5 Å². The third-order valence-corrected chi connectivity index (χ3v) is 5.06. The van der Waals surface area contributed by atoms with Crippen LogP contribution in [-0.2, 0) is 6.54 Å². The summed E-state index contributed by atoms with van der Waals surface area (Å²) in [5, 5.41) is 4.05. The molecule has 0 aliphatic heterocycles. The SMILES string of the molecule is CCCOc1c(Br)cc(CNc2ccc(Br)c(Cl)c2)cc1OCC. The highest BCUT2D eigenvalue weighted by Gasteiger charge is 2.12. The van der Waals surface area contributed by atoms with Crippen molar-refractivity contribution >= 4 is 49.1 Å². The zero-order chi connectivity index (χ0) is 17.5. The van der Waals surface area contributed by atoms with Crippen LogP contribution in [0.4, 0.5) is 5.69 Å². The van der Waals surface area contributed by atoms with E-state index < -0.39 is 0 Å². The maximum absolute atomic E-state index is 6.13. The molecular formula is C18H20Br2ClNO2. The molecule has 24 heavy (non-hydrogen) atoms. The number of rotatable bonds is 8. The van der Waals surface area contributed by atoms with Gasteiger partial charge in [0, 0.05) is 16.7 Å². The minimum atomic E-state index is 0.591. The Morgan fingerprint density at radius 3 is 2.50 bits per heavy atom. The Hall–Kier alpha value is -0.910. The van der Waals surface area contributed by atoms with Gasteiger partial charge in [0.05, 0.1) is 22.7 Å². The van der Waals surface area contributed by atoms with Gasteiger partial charge >= 0.3 is 0 Å². The first kappa shape index (κ1) is 19.4. The van der Waals surface area contributed by atoms with Crippen LogP contribution in [0.3, 0.4) is 0 Å².